The number of hydrogen-bond acceptors (Lipinski definition) is 6. The number of ether oxygens (including phenoxy) is 1. The summed E-state index contributed by atoms with van der Waals surface area (Å²) in [6, 6.07) is 1.40. The van der Waals surface area contributed by atoms with Crippen LogP contribution in [0.2, 0.25) is 0 Å². The molecule has 0 amide bonds. The van der Waals surface area contributed by atoms with Crippen molar-refractivity contribution in [3.05, 3.63) is 28.2 Å². The highest BCUT2D eigenvalue weighted by molar-refractivity contribution is 5.20. The number of aromatic hydroxyl groups is 1. The number of hydrogen-bond donors (Lipinski definition) is 3. The van der Waals surface area contributed by atoms with Crippen LogP contribution < -0.4 is 5.43 Å². The molecule has 3 N–H and O–H groups in total. The first-order valence-corrected chi connectivity index (χ1v) is 7.06. The molecule has 0 aliphatic heterocycles. The number of aromatic nitrogens is 1. The van der Waals surface area contributed by atoms with Crippen molar-refractivity contribution in [2.45, 2.75) is 20.0 Å². The Bertz CT molecular complexity index is 475. The van der Waals surface area contributed by atoms with Gasteiger partial charge >= 0.3 is 0 Å². The molecule has 0 spiro atoms. The lowest BCUT2D eigenvalue weighted by molar-refractivity contribution is 0.0859. The zero-order valence-corrected chi connectivity index (χ0v) is 12.4. The molecule has 0 unspecified atom stereocenters. The van der Waals surface area contributed by atoms with E-state index in [0.717, 1.165) is 12.2 Å². The number of aliphatic hydroxyl groups excluding tert-OH is 2. The highest BCUT2D eigenvalue weighted by Crippen LogP contribution is 2.08. The fraction of sp³-hybridized carbons (Fsp3) is 0.643. The van der Waals surface area contributed by atoms with E-state index in [1.54, 1.807) is 4.57 Å². The third-order valence-corrected chi connectivity index (χ3v) is 3.16. The third kappa shape index (κ3) is 5.84. The van der Waals surface area contributed by atoms with Gasteiger partial charge in [0.25, 0.3) is 0 Å². The highest BCUT2D eigenvalue weighted by Gasteiger charge is 2.10. The van der Waals surface area contributed by atoms with Crippen LogP contribution in [0.4, 0.5) is 0 Å². The van der Waals surface area contributed by atoms with Gasteiger partial charge in [-0.25, -0.2) is 0 Å². The van der Waals surface area contributed by atoms with Crippen LogP contribution in [-0.2, 0) is 17.8 Å². The Morgan fingerprint density at radius 2 is 2.05 bits per heavy atom. The molecule has 0 fully saturated rings. The summed E-state index contributed by atoms with van der Waals surface area (Å²) in [5.74, 6) is -0.300. The average Bonchev–Trinajstić information content (AvgIpc) is 2.47. The maximum absolute atomic E-state index is 11.6. The minimum Gasteiger partial charge on any atom is -0.503 e. The third-order valence-electron chi connectivity index (χ3n) is 3.16. The van der Waals surface area contributed by atoms with E-state index in [1.807, 2.05) is 11.8 Å². The SMILES string of the molecule is CCN(CCO)Cc1cc(=O)c(O)cn1CCOCCO. The molecular formula is C14H24N2O5. The van der Waals surface area contributed by atoms with Crippen LogP contribution in [0.5, 0.6) is 5.75 Å². The molecule has 0 saturated heterocycles. The molecule has 1 aromatic heterocycles. The molecule has 7 heteroatoms. The lowest BCUT2D eigenvalue weighted by atomic mass is 10.3. The van der Waals surface area contributed by atoms with Crippen molar-refractivity contribution < 1.29 is 20.1 Å². The topological polar surface area (TPSA) is 95.2 Å². The van der Waals surface area contributed by atoms with Gasteiger partial charge in [-0.05, 0) is 6.54 Å². The van der Waals surface area contributed by atoms with Gasteiger partial charge in [0.15, 0.2) is 5.75 Å². The van der Waals surface area contributed by atoms with E-state index in [-0.39, 0.29) is 25.6 Å². The summed E-state index contributed by atoms with van der Waals surface area (Å²) in [5, 5.41) is 27.2. The Labute approximate surface area is 124 Å². The summed E-state index contributed by atoms with van der Waals surface area (Å²) in [6.07, 6.45) is 1.40. The summed E-state index contributed by atoms with van der Waals surface area (Å²) in [6.45, 7) is 4.87. The second-order valence-corrected chi connectivity index (χ2v) is 4.64. The van der Waals surface area contributed by atoms with E-state index in [1.165, 1.54) is 12.3 Å². The molecule has 7 nitrogen and oxygen atoms in total. The molecule has 0 radical (unpaired) electrons. The Kier molecular flexibility index (Phi) is 7.99. The van der Waals surface area contributed by atoms with Gasteiger partial charge in [0.1, 0.15) is 0 Å². The van der Waals surface area contributed by atoms with Crippen LogP contribution in [0.25, 0.3) is 0 Å². The van der Waals surface area contributed by atoms with Gasteiger partial charge in [0, 0.05) is 31.4 Å². The standard InChI is InChI=1S/C14H24N2O5/c1-2-15(3-5-17)10-12-9-13(19)14(20)11-16(12)4-7-21-8-6-18/h9,11,17-18,20H,2-8,10H2,1H3. The number of nitrogens with zero attached hydrogens (tertiary/aromatic N) is 2. The lowest BCUT2D eigenvalue weighted by Gasteiger charge is -2.22. The second-order valence-electron chi connectivity index (χ2n) is 4.64. The quantitative estimate of drug-likeness (QED) is 0.498. The van der Waals surface area contributed by atoms with Gasteiger partial charge < -0.3 is 24.6 Å². The van der Waals surface area contributed by atoms with Crippen LogP contribution in [0.3, 0.4) is 0 Å². The van der Waals surface area contributed by atoms with Crippen molar-refractivity contribution in [2.24, 2.45) is 0 Å². The Balaban J connectivity index is 2.83. The Morgan fingerprint density at radius 3 is 2.67 bits per heavy atom. The fourth-order valence-electron chi connectivity index (χ4n) is 2.00. The van der Waals surface area contributed by atoms with Crippen molar-refractivity contribution in [3.63, 3.8) is 0 Å². The lowest BCUT2D eigenvalue weighted by Crippen LogP contribution is -2.29. The zero-order chi connectivity index (χ0) is 15.7. The van der Waals surface area contributed by atoms with Gasteiger partial charge in [-0.3, -0.25) is 9.69 Å². The van der Waals surface area contributed by atoms with E-state index >= 15 is 0 Å². The molecule has 1 heterocycles. The van der Waals surface area contributed by atoms with Crippen LogP contribution >= 0.6 is 0 Å². The Hall–Kier alpha value is -1.41. The van der Waals surface area contributed by atoms with Crippen LogP contribution in [-0.4, -0.2) is 64.3 Å². The number of rotatable bonds is 10. The first-order chi connectivity index (χ1) is 10.1. The van der Waals surface area contributed by atoms with E-state index in [0.29, 0.717) is 26.2 Å². The second kappa shape index (κ2) is 9.51. The maximum atomic E-state index is 11.6. The predicted molar refractivity (Wildman–Crippen MR) is 78.3 cm³/mol. The van der Waals surface area contributed by atoms with Gasteiger partial charge in [0.2, 0.25) is 5.43 Å². The molecule has 0 saturated carbocycles. The smallest absolute Gasteiger partial charge is 0.223 e. The van der Waals surface area contributed by atoms with Crippen molar-refractivity contribution >= 4 is 0 Å². The molecule has 1 aromatic rings. The van der Waals surface area contributed by atoms with E-state index in [4.69, 9.17) is 14.9 Å². The average molecular weight is 300 g/mol. The molecule has 120 valence electrons. The first kappa shape index (κ1) is 17.6. The molecule has 0 aliphatic carbocycles. The monoisotopic (exact) mass is 300 g/mol. The van der Waals surface area contributed by atoms with Gasteiger partial charge in [0.05, 0.1) is 32.6 Å². The number of aliphatic hydroxyl groups is 2. The largest absolute Gasteiger partial charge is 0.503 e. The minimum atomic E-state index is -0.419. The molecule has 21 heavy (non-hydrogen) atoms. The van der Waals surface area contributed by atoms with E-state index in [9.17, 15) is 9.90 Å². The summed E-state index contributed by atoms with van der Waals surface area (Å²) in [5.41, 5.74) is 0.332. The fourth-order valence-corrected chi connectivity index (χ4v) is 2.00. The normalized spacial score (nSPS) is 11.2. The van der Waals surface area contributed by atoms with Gasteiger partial charge in [-0.15, -0.1) is 0 Å². The minimum absolute atomic E-state index is 0.0393. The highest BCUT2D eigenvalue weighted by atomic mass is 16.5. The first-order valence-electron chi connectivity index (χ1n) is 7.06. The summed E-state index contributed by atoms with van der Waals surface area (Å²) < 4.78 is 6.96. The van der Waals surface area contributed by atoms with Crippen molar-refractivity contribution in [1.29, 1.82) is 0 Å². The van der Waals surface area contributed by atoms with E-state index < -0.39 is 5.43 Å². The van der Waals surface area contributed by atoms with E-state index in [2.05, 4.69) is 0 Å². The molecule has 0 aromatic carbocycles. The van der Waals surface area contributed by atoms with Gasteiger partial charge in [-0.1, -0.05) is 6.92 Å². The maximum Gasteiger partial charge on any atom is 0.223 e. The van der Waals surface area contributed by atoms with Crippen molar-refractivity contribution in [1.82, 2.24) is 9.47 Å². The number of likely N-dealkylation sites (N-methyl/N-ethyl adjacent to an activating group) is 1. The van der Waals surface area contributed by atoms with Crippen molar-refractivity contribution in [3.8, 4) is 5.75 Å². The van der Waals surface area contributed by atoms with Crippen LogP contribution in [0.1, 0.15) is 12.6 Å². The molecule has 0 aliphatic rings. The number of pyridine rings is 1. The van der Waals surface area contributed by atoms with Gasteiger partial charge in [-0.2, -0.15) is 0 Å². The van der Waals surface area contributed by atoms with Crippen molar-refractivity contribution in [2.75, 3.05) is 39.5 Å². The predicted octanol–water partition coefficient (Wildman–Crippen LogP) is -0.623. The Morgan fingerprint density at radius 1 is 1.29 bits per heavy atom. The van der Waals surface area contributed by atoms with Crippen LogP contribution in [0.15, 0.2) is 17.1 Å². The molecule has 1 rings (SSSR count). The van der Waals surface area contributed by atoms with Crippen LogP contribution in [0, 0.1) is 0 Å². The molecular weight excluding hydrogens is 276 g/mol. The summed E-state index contributed by atoms with van der Waals surface area (Å²) in [4.78, 5) is 13.6. The summed E-state index contributed by atoms with van der Waals surface area (Å²) >= 11 is 0. The summed E-state index contributed by atoms with van der Waals surface area (Å²) in [7, 11) is 0. The molecule has 0 bridgehead atoms. The zero-order valence-electron chi connectivity index (χ0n) is 12.4. The molecule has 0 atom stereocenters.